The summed E-state index contributed by atoms with van der Waals surface area (Å²) in [6, 6.07) is 2.70. The summed E-state index contributed by atoms with van der Waals surface area (Å²) in [6.07, 6.45) is 0.689. The maximum Gasteiger partial charge on any atom is 0.245 e. The molecular formula is C12H11BrFN3OS. The molecule has 1 aliphatic heterocycles. The number of likely N-dealkylation sites (N-methyl/N-ethyl adjacent to an activating group) is 1. The van der Waals surface area contributed by atoms with E-state index >= 15 is 0 Å². The monoisotopic (exact) mass is 343 g/mol. The predicted molar refractivity (Wildman–Crippen MR) is 76.1 cm³/mol. The Bertz CT molecular complexity index is 738. The van der Waals surface area contributed by atoms with Gasteiger partial charge < -0.3 is 14.5 Å². The molecule has 0 bridgehead atoms. The van der Waals surface area contributed by atoms with Crippen molar-refractivity contribution in [3.05, 3.63) is 27.2 Å². The molecular weight excluding hydrogens is 333 g/mol. The maximum absolute atomic E-state index is 13.7. The van der Waals surface area contributed by atoms with Gasteiger partial charge in [-0.25, -0.2) is 4.39 Å². The molecule has 1 aromatic carbocycles. The SMILES string of the molecule is CN1CCC(n2c(=S)[nH]c3cc(Br)c(F)cc32)C1=O. The van der Waals surface area contributed by atoms with Crippen LogP contribution in [0, 0.1) is 10.6 Å². The number of halogens is 2. The van der Waals surface area contributed by atoms with Crippen LogP contribution in [0.2, 0.25) is 0 Å². The van der Waals surface area contributed by atoms with E-state index in [9.17, 15) is 9.18 Å². The quantitative estimate of drug-likeness (QED) is 0.808. The Morgan fingerprint density at radius 2 is 2.26 bits per heavy atom. The molecule has 2 aromatic rings. The summed E-state index contributed by atoms with van der Waals surface area (Å²) in [5, 5.41) is 0. The minimum absolute atomic E-state index is 0.0142. The molecule has 0 aliphatic carbocycles. The summed E-state index contributed by atoms with van der Waals surface area (Å²) in [5.41, 5.74) is 1.35. The van der Waals surface area contributed by atoms with Crippen LogP contribution in [-0.2, 0) is 4.79 Å². The number of rotatable bonds is 1. The number of fused-ring (bicyclic) bond motifs is 1. The third kappa shape index (κ3) is 1.92. The van der Waals surface area contributed by atoms with Crippen molar-refractivity contribution in [2.24, 2.45) is 0 Å². The normalized spacial score (nSPS) is 19.6. The first-order valence-corrected chi connectivity index (χ1v) is 7.03. The van der Waals surface area contributed by atoms with E-state index in [0.717, 1.165) is 5.52 Å². The number of carbonyl (C=O) groups is 1. The Labute approximate surface area is 122 Å². The average molecular weight is 344 g/mol. The van der Waals surface area contributed by atoms with Crippen LogP contribution in [0.25, 0.3) is 11.0 Å². The van der Waals surface area contributed by atoms with Crippen molar-refractivity contribution in [1.82, 2.24) is 14.5 Å². The van der Waals surface area contributed by atoms with Crippen LogP contribution >= 0.6 is 28.1 Å². The number of imidazole rings is 1. The Hall–Kier alpha value is -1.21. The summed E-state index contributed by atoms with van der Waals surface area (Å²) in [6.45, 7) is 0.691. The first-order valence-electron chi connectivity index (χ1n) is 5.83. The summed E-state index contributed by atoms with van der Waals surface area (Å²) in [7, 11) is 1.76. The minimum atomic E-state index is -0.367. The molecule has 19 heavy (non-hydrogen) atoms. The highest BCUT2D eigenvalue weighted by atomic mass is 79.9. The van der Waals surface area contributed by atoms with Gasteiger partial charge in [-0.1, -0.05) is 0 Å². The van der Waals surface area contributed by atoms with E-state index in [1.165, 1.54) is 6.07 Å². The van der Waals surface area contributed by atoms with E-state index in [0.29, 0.717) is 27.7 Å². The molecule has 0 saturated carbocycles. The van der Waals surface area contributed by atoms with E-state index in [-0.39, 0.29) is 17.8 Å². The van der Waals surface area contributed by atoms with Gasteiger partial charge in [-0.15, -0.1) is 0 Å². The molecule has 4 nitrogen and oxygen atoms in total. The summed E-state index contributed by atoms with van der Waals surface area (Å²) < 4.78 is 16.2. The van der Waals surface area contributed by atoms with Crippen molar-refractivity contribution in [3.63, 3.8) is 0 Å². The summed E-state index contributed by atoms with van der Waals surface area (Å²) in [5.74, 6) is -0.352. The fraction of sp³-hybridized carbons (Fsp3) is 0.333. The van der Waals surface area contributed by atoms with Gasteiger partial charge in [0.1, 0.15) is 11.9 Å². The number of nitrogens with zero attached hydrogens (tertiary/aromatic N) is 2. The number of carbonyl (C=O) groups excluding carboxylic acids is 1. The molecule has 3 rings (SSSR count). The fourth-order valence-corrected chi connectivity index (χ4v) is 3.15. The van der Waals surface area contributed by atoms with Gasteiger partial charge in [-0.3, -0.25) is 4.79 Å². The molecule has 1 fully saturated rings. The second kappa shape index (κ2) is 4.42. The van der Waals surface area contributed by atoms with Crippen molar-refractivity contribution >= 4 is 45.1 Å². The average Bonchev–Trinajstić information content (AvgIpc) is 2.82. The van der Waals surface area contributed by atoms with Crippen molar-refractivity contribution in [2.75, 3.05) is 13.6 Å². The first kappa shape index (κ1) is 12.8. The highest BCUT2D eigenvalue weighted by Crippen LogP contribution is 2.29. The third-order valence-electron chi connectivity index (χ3n) is 3.47. The van der Waals surface area contributed by atoms with Crippen LogP contribution in [0.3, 0.4) is 0 Å². The van der Waals surface area contributed by atoms with E-state index in [1.807, 2.05) is 0 Å². The molecule has 7 heteroatoms. The molecule has 2 heterocycles. The Morgan fingerprint density at radius 1 is 1.53 bits per heavy atom. The molecule has 1 atom stereocenters. The summed E-state index contributed by atoms with van der Waals surface area (Å²) in [4.78, 5) is 16.8. The predicted octanol–water partition coefficient (Wildman–Crippen LogP) is 3.00. The van der Waals surface area contributed by atoms with E-state index in [2.05, 4.69) is 20.9 Å². The number of hydrogen-bond donors (Lipinski definition) is 1. The molecule has 1 amide bonds. The van der Waals surface area contributed by atoms with Gasteiger partial charge >= 0.3 is 0 Å². The molecule has 0 radical (unpaired) electrons. The Morgan fingerprint density at radius 3 is 2.89 bits per heavy atom. The van der Waals surface area contributed by atoms with Crippen molar-refractivity contribution in [2.45, 2.75) is 12.5 Å². The van der Waals surface area contributed by atoms with Crippen molar-refractivity contribution in [1.29, 1.82) is 0 Å². The lowest BCUT2D eigenvalue weighted by Crippen LogP contribution is -2.24. The van der Waals surface area contributed by atoms with Crippen LogP contribution in [0.5, 0.6) is 0 Å². The molecule has 1 N–H and O–H groups in total. The van der Waals surface area contributed by atoms with Gasteiger partial charge in [0, 0.05) is 19.7 Å². The third-order valence-corrected chi connectivity index (χ3v) is 4.38. The number of H-pyrrole nitrogens is 1. The first-order chi connectivity index (χ1) is 8.99. The molecule has 1 unspecified atom stereocenters. The zero-order chi connectivity index (χ0) is 13.7. The van der Waals surface area contributed by atoms with Gasteiger partial charge in [0.05, 0.1) is 15.5 Å². The molecule has 1 aliphatic rings. The van der Waals surface area contributed by atoms with Gasteiger partial charge in [0.25, 0.3) is 0 Å². The molecule has 1 saturated heterocycles. The number of benzene rings is 1. The van der Waals surface area contributed by atoms with Gasteiger partial charge in [-0.2, -0.15) is 0 Å². The van der Waals surface area contributed by atoms with Gasteiger partial charge in [0.15, 0.2) is 4.77 Å². The van der Waals surface area contributed by atoms with Crippen LogP contribution in [0.4, 0.5) is 4.39 Å². The van der Waals surface area contributed by atoms with E-state index < -0.39 is 0 Å². The number of hydrogen-bond acceptors (Lipinski definition) is 2. The highest BCUT2D eigenvalue weighted by molar-refractivity contribution is 9.10. The Balaban J connectivity index is 2.24. The summed E-state index contributed by atoms with van der Waals surface area (Å²) >= 11 is 8.41. The number of aromatic amines is 1. The number of aromatic nitrogens is 2. The zero-order valence-electron chi connectivity index (χ0n) is 10.1. The van der Waals surface area contributed by atoms with Gasteiger partial charge in [0.2, 0.25) is 5.91 Å². The van der Waals surface area contributed by atoms with Crippen LogP contribution in [0.1, 0.15) is 12.5 Å². The van der Waals surface area contributed by atoms with Gasteiger partial charge in [-0.05, 0) is 40.6 Å². The number of nitrogens with one attached hydrogen (secondary N) is 1. The number of amides is 1. The van der Waals surface area contributed by atoms with Crippen LogP contribution in [-0.4, -0.2) is 34.0 Å². The van der Waals surface area contributed by atoms with E-state index in [1.54, 1.807) is 22.6 Å². The van der Waals surface area contributed by atoms with Crippen molar-refractivity contribution in [3.8, 4) is 0 Å². The molecule has 100 valence electrons. The molecule has 1 aromatic heterocycles. The zero-order valence-corrected chi connectivity index (χ0v) is 12.5. The standard InChI is InChI=1S/C12H11BrFN3OS/c1-16-3-2-9(11(16)18)17-10-5-7(14)6(13)4-8(10)15-12(17)19/h4-5,9H,2-3H2,1H3,(H,15,19). The molecule has 0 spiro atoms. The lowest BCUT2D eigenvalue weighted by Gasteiger charge is -2.12. The number of likely N-dealkylation sites (tertiary alicyclic amines) is 1. The van der Waals surface area contributed by atoms with Crippen LogP contribution < -0.4 is 0 Å². The van der Waals surface area contributed by atoms with Crippen molar-refractivity contribution < 1.29 is 9.18 Å². The smallest absolute Gasteiger partial charge is 0.245 e. The van der Waals surface area contributed by atoms with E-state index in [4.69, 9.17) is 12.2 Å². The fourth-order valence-electron chi connectivity index (χ4n) is 2.47. The lowest BCUT2D eigenvalue weighted by atomic mass is 10.2. The lowest BCUT2D eigenvalue weighted by molar-refractivity contribution is -0.129. The second-order valence-corrected chi connectivity index (χ2v) is 5.89. The highest BCUT2D eigenvalue weighted by Gasteiger charge is 2.32. The minimum Gasteiger partial charge on any atom is -0.344 e. The topological polar surface area (TPSA) is 41.0 Å². The Kier molecular flexibility index (Phi) is 2.98. The second-order valence-electron chi connectivity index (χ2n) is 4.65. The van der Waals surface area contributed by atoms with Crippen LogP contribution in [0.15, 0.2) is 16.6 Å². The largest absolute Gasteiger partial charge is 0.344 e. The maximum atomic E-state index is 13.7.